The van der Waals surface area contributed by atoms with Crippen LogP contribution in [0.5, 0.6) is 0 Å². The van der Waals surface area contributed by atoms with Gasteiger partial charge in [-0.1, -0.05) is 6.42 Å². The van der Waals surface area contributed by atoms with Gasteiger partial charge >= 0.3 is 6.09 Å². The number of piperidine rings is 1. The molecule has 0 bridgehead atoms. The molecule has 1 aliphatic rings. The molecule has 1 fully saturated rings. The summed E-state index contributed by atoms with van der Waals surface area (Å²) in [6.45, 7) is 8.01. The highest BCUT2D eigenvalue weighted by Gasteiger charge is 2.25. The number of aromatic nitrogens is 2. The number of hydrogen-bond donors (Lipinski definition) is 1. The van der Waals surface area contributed by atoms with Crippen LogP contribution >= 0.6 is 11.8 Å². The van der Waals surface area contributed by atoms with Gasteiger partial charge in [0.1, 0.15) is 10.6 Å². The number of ether oxygens (including phenoxy) is 1. The van der Waals surface area contributed by atoms with Crippen molar-refractivity contribution in [3.8, 4) is 0 Å². The smallest absolute Gasteiger partial charge is 0.407 e. The Morgan fingerprint density at radius 3 is 2.83 bits per heavy atom. The maximum atomic E-state index is 11.9. The van der Waals surface area contributed by atoms with Gasteiger partial charge < -0.3 is 10.1 Å². The average molecular weight is 353 g/mol. The highest BCUT2D eigenvalue weighted by atomic mass is 32.2. The number of amides is 1. The highest BCUT2D eigenvalue weighted by Crippen LogP contribution is 2.22. The summed E-state index contributed by atoms with van der Waals surface area (Å²) in [6.07, 6.45) is 8.58. The molecule has 1 aromatic rings. The first-order chi connectivity index (χ1) is 11.4. The fourth-order valence-corrected chi connectivity index (χ4v) is 3.36. The third-order valence-electron chi connectivity index (χ3n) is 3.91. The van der Waals surface area contributed by atoms with Gasteiger partial charge in [-0.15, -0.1) is 11.8 Å². The summed E-state index contributed by atoms with van der Waals surface area (Å²) in [5.41, 5.74) is 0.539. The van der Waals surface area contributed by atoms with Crippen molar-refractivity contribution >= 4 is 17.9 Å². The number of thioether (sulfide) groups is 1. The zero-order valence-electron chi connectivity index (χ0n) is 15.0. The number of carbonyl (C=O) groups is 1. The van der Waals surface area contributed by atoms with Gasteiger partial charge in [0.2, 0.25) is 0 Å². The molecule has 6 nitrogen and oxygen atoms in total. The van der Waals surface area contributed by atoms with Crippen LogP contribution in [0, 0.1) is 0 Å². The van der Waals surface area contributed by atoms with Crippen molar-refractivity contribution in [2.24, 2.45) is 0 Å². The summed E-state index contributed by atoms with van der Waals surface area (Å²) in [5.74, 6) is 0. The summed E-state index contributed by atoms with van der Waals surface area (Å²) >= 11 is 1.62. The molecule has 7 heteroatoms. The molecule has 2 rings (SSSR count). The van der Waals surface area contributed by atoms with Crippen molar-refractivity contribution in [3.05, 3.63) is 18.1 Å². The van der Waals surface area contributed by atoms with Gasteiger partial charge in [0.25, 0.3) is 0 Å². The van der Waals surface area contributed by atoms with Crippen LogP contribution in [-0.2, 0) is 11.3 Å². The van der Waals surface area contributed by atoms with Gasteiger partial charge in [0, 0.05) is 31.5 Å². The molecule has 24 heavy (non-hydrogen) atoms. The first-order valence-electron chi connectivity index (χ1n) is 8.44. The standard InChI is InChI=1S/C17H28N4O2S/c1-17(2,3)23-16(22)20-11-13-7-5-6-10-21(13)12-14-15(24-4)19-9-8-18-14/h8-9,13H,5-7,10-12H2,1-4H3,(H,20,22)/t13-/m0/s1. The van der Waals surface area contributed by atoms with Crippen molar-refractivity contribution in [3.63, 3.8) is 0 Å². The minimum atomic E-state index is -0.469. The van der Waals surface area contributed by atoms with Gasteiger partial charge in [0.05, 0.1) is 5.69 Å². The lowest BCUT2D eigenvalue weighted by molar-refractivity contribution is 0.0491. The first-order valence-corrected chi connectivity index (χ1v) is 9.66. The molecule has 1 N–H and O–H groups in total. The van der Waals surface area contributed by atoms with Gasteiger partial charge in [-0.3, -0.25) is 9.88 Å². The Bertz CT molecular complexity index is 548. The predicted molar refractivity (Wildman–Crippen MR) is 96.1 cm³/mol. The minimum absolute atomic E-state index is 0.308. The number of likely N-dealkylation sites (tertiary alicyclic amines) is 1. The Hall–Kier alpha value is -1.34. The second-order valence-electron chi connectivity index (χ2n) is 7.02. The number of carbonyl (C=O) groups excluding carboxylic acids is 1. The van der Waals surface area contributed by atoms with E-state index in [9.17, 15) is 4.79 Å². The number of rotatable bonds is 5. The van der Waals surface area contributed by atoms with Crippen molar-refractivity contribution in [2.75, 3.05) is 19.3 Å². The molecule has 1 amide bonds. The van der Waals surface area contributed by atoms with Gasteiger partial charge in [-0.2, -0.15) is 0 Å². The molecule has 1 aliphatic heterocycles. The summed E-state index contributed by atoms with van der Waals surface area (Å²) < 4.78 is 5.32. The SMILES string of the molecule is CSc1nccnc1CN1CCCC[C@H]1CNC(=O)OC(C)(C)C. The molecule has 1 atom stereocenters. The maximum absolute atomic E-state index is 11.9. The van der Waals surface area contributed by atoms with Crippen molar-refractivity contribution < 1.29 is 9.53 Å². The third kappa shape index (κ3) is 5.94. The number of alkyl carbamates (subject to hydrolysis) is 1. The van der Waals surface area contributed by atoms with Crippen LogP contribution in [0.25, 0.3) is 0 Å². The topological polar surface area (TPSA) is 67.4 Å². The van der Waals surface area contributed by atoms with E-state index in [4.69, 9.17) is 4.74 Å². The van der Waals surface area contributed by atoms with E-state index in [2.05, 4.69) is 20.2 Å². The van der Waals surface area contributed by atoms with E-state index in [1.165, 1.54) is 12.8 Å². The molecule has 0 aliphatic carbocycles. The van der Waals surface area contributed by atoms with Crippen LogP contribution < -0.4 is 5.32 Å². The molecule has 134 valence electrons. The van der Waals surface area contributed by atoms with Crippen LogP contribution in [0.3, 0.4) is 0 Å². The van der Waals surface area contributed by atoms with Crippen molar-refractivity contribution in [2.45, 2.75) is 63.2 Å². The molecule has 2 heterocycles. The lowest BCUT2D eigenvalue weighted by atomic mass is 10.0. The average Bonchev–Trinajstić information content (AvgIpc) is 2.53. The number of hydrogen-bond acceptors (Lipinski definition) is 6. The molecule has 0 unspecified atom stereocenters. The summed E-state index contributed by atoms with van der Waals surface area (Å²) in [4.78, 5) is 23.2. The van der Waals surface area contributed by atoms with Crippen LogP contribution in [0.2, 0.25) is 0 Å². The predicted octanol–water partition coefficient (Wildman–Crippen LogP) is 3.08. The van der Waals surface area contributed by atoms with Crippen LogP contribution in [-0.4, -0.2) is 51.9 Å². The molecular formula is C17H28N4O2S. The molecule has 0 spiro atoms. The maximum Gasteiger partial charge on any atom is 0.407 e. The van der Waals surface area contributed by atoms with Gasteiger partial charge in [-0.25, -0.2) is 9.78 Å². The lowest BCUT2D eigenvalue weighted by Crippen LogP contribution is -2.47. The van der Waals surface area contributed by atoms with E-state index in [0.717, 1.165) is 30.2 Å². The Morgan fingerprint density at radius 1 is 1.38 bits per heavy atom. The van der Waals surface area contributed by atoms with Crippen molar-refractivity contribution in [1.29, 1.82) is 0 Å². The van der Waals surface area contributed by atoms with E-state index in [1.54, 1.807) is 24.2 Å². The van der Waals surface area contributed by atoms with Crippen molar-refractivity contribution in [1.82, 2.24) is 20.2 Å². The fraction of sp³-hybridized carbons (Fsp3) is 0.706. The van der Waals surface area contributed by atoms with E-state index in [0.29, 0.717) is 12.6 Å². The van der Waals surface area contributed by atoms with Gasteiger partial charge in [-0.05, 0) is 46.4 Å². The zero-order valence-corrected chi connectivity index (χ0v) is 15.9. The largest absolute Gasteiger partial charge is 0.444 e. The fourth-order valence-electron chi connectivity index (χ4n) is 2.84. The first kappa shape index (κ1) is 19.0. The molecular weight excluding hydrogens is 324 g/mol. The lowest BCUT2D eigenvalue weighted by Gasteiger charge is -2.35. The number of nitrogens with one attached hydrogen (secondary N) is 1. The van der Waals surface area contributed by atoms with E-state index in [-0.39, 0.29) is 6.09 Å². The zero-order chi connectivity index (χ0) is 17.6. The van der Waals surface area contributed by atoms with E-state index in [1.807, 2.05) is 27.0 Å². The molecule has 0 saturated carbocycles. The second kappa shape index (κ2) is 8.67. The molecule has 1 aromatic heterocycles. The Morgan fingerprint density at radius 2 is 2.12 bits per heavy atom. The van der Waals surface area contributed by atoms with Crippen LogP contribution in [0.1, 0.15) is 45.7 Å². The van der Waals surface area contributed by atoms with Gasteiger partial charge in [0.15, 0.2) is 0 Å². The van der Waals surface area contributed by atoms with Crippen LogP contribution in [0.4, 0.5) is 4.79 Å². The number of nitrogens with zero attached hydrogens (tertiary/aromatic N) is 3. The molecule has 0 radical (unpaired) electrons. The Balaban J connectivity index is 1.94. The molecule has 0 aromatic carbocycles. The monoisotopic (exact) mass is 352 g/mol. The molecule has 1 saturated heterocycles. The Labute approximate surface area is 148 Å². The summed E-state index contributed by atoms with van der Waals surface area (Å²) in [6, 6.07) is 0.308. The third-order valence-corrected chi connectivity index (χ3v) is 4.64. The second-order valence-corrected chi connectivity index (χ2v) is 7.81. The Kier molecular flexibility index (Phi) is 6.86. The van der Waals surface area contributed by atoms with E-state index >= 15 is 0 Å². The summed E-state index contributed by atoms with van der Waals surface area (Å²) in [5, 5.41) is 3.88. The minimum Gasteiger partial charge on any atom is -0.444 e. The highest BCUT2D eigenvalue weighted by molar-refractivity contribution is 7.98. The van der Waals surface area contributed by atoms with E-state index < -0.39 is 5.60 Å². The quantitative estimate of drug-likeness (QED) is 0.822. The normalized spacial score (nSPS) is 19.1. The van der Waals surface area contributed by atoms with Crippen LogP contribution in [0.15, 0.2) is 17.4 Å². The summed E-state index contributed by atoms with van der Waals surface area (Å²) in [7, 11) is 0.